The van der Waals surface area contributed by atoms with Gasteiger partial charge in [-0.05, 0) is 42.6 Å². The Morgan fingerprint density at radius 2 is 1.75 bits per heavy atom. The molecule has 2 amide bonds. The summed E-state index contributed by atoms with van der Waals surface area (Å²) in [6.45, 7) is 3.99. The number of likely N-dealkylation sites (tertiary alicyclic amines) is 1. The van der Waals surface area contributed by atoms with Crippen LogP contribution in [0.15, 0.2) is 54.6 Å². The molecule has 28 heavy (non-hydrogen) atoms. The topological polar surface area (TPSA) is 72.9 Å². The van der Waals surface area contributed by atoms with Crippen molar-refractivity contribution >= 4 is 17.7 Å². The maximum absolute atomic E-state index is 12.6. The van der Waals surface area contributed by atoms with Gasteiger partial charge in [-0.25, -0.2) is 4.79 Å². The number of benzene rings is 2. The molecule has 1 aliphatic heterocycles. The molecule has 0 bridgehead atoms. The largest absolute Gasteiger partial charge is 0.480 e. The molecule has 0 radical (unpaired) electrons. The fraction of sp³-hybridized carbons (Fsp3) is 0.364. The van der Waals surface area contributed by atoms with Gasteiger partial charge in [0.25, 0.3) is 0 Å². The van der Waals surface area contributed by atoms with Gasteiger partial charge < -0.3 is 15.3 Å². The number of rotatable bonds is 6. The Morgan fingerprint density at radius 1 is 1.07 bits per heavy atom. The zero-order valence-electron chi connectivity index (χ0n) is 16.2. The lowest BCUT2D eigenvalue weighted by molar-refractivity contribution is -0.139. The van der Waals surface area contributed by atoms with E-state index in [1.165, 1.54) is 0 Å². The molecule has 148 valence electrons. The predicted molar refractivity (Wildman–Crippen MR) is 110 cm³/mol. The fourth-order valence-corrected chi connectivity index (χ4v) is 3.72. The van der Waals surface area contributed by atoms with Gasteiger partial charge in [-0.2, -0.15) is 0 Å². The van der Waals surface area contributed by atoms with Gasteiger partial charge >= 0.3 is 12.0 Å². The lowest BCUT2D eigenvalue weighted by atomic mass is 10.0. The molecule has 0 atom stereocenters. The second-order valence-electron chi connectivity index (χ2n) is 7.05. The molecule has 0 aliphatic carbocycles. The number of amides is 2. The summed E-state index contributed by atoms with van der Waals surface area (Å²) < 4.78 is 0. The molecule has 0 unspecified atom stereocenters. The highest BCUT2D eigenvalue weighted by atomic mass is 16.4. The van der Waals surface area contributed by atoms with E-state index in [1.807, 2.05) is 66.4 Å². The second kappa shape index (κ2) is 9.37. The number of hydrogen-bond donors (Lipinski definition) is 2. The minimum atomic E-state index is -0.805. The summed E-state index contributed by atoms with van der Waals surface area (Å²) in [5.41, 5.74) is 2.94. The second-order valence-corrected chi connectivity index (χ2v) is 7.05. The maximum Gasteiger partial charge on any atom is 0.321 e. The van der Waals surface area contributed by atoms with E-state index >= 15 is 0 Å². The van der Waals surface area contributed by atoms with Gasteiger partial charge in [-0.15, -0.1) is 0 Å². The molecule has 0 saturated carbocycles. The number of urea groups is 1. The summed E-state index contributed by atoms with van der Waals surface area (Å²) in [7, 11) is 0. The molecule has 0 spiro atoms. The van der Waals surface area contributed by atoms with Crippen molar-refractivity contribution in [3.63, 3.8) is 0 Å². The van der Waals surface area contributed by atoms with E-state index in [1.54, 1.807) is 4.90 Å². The number of nitrogens with zero attached hydrogens (tertiary/aromatic N) is 2. The van der Waals surface area contributed by atoms with E-state index in [4.69, 9.17) is 5.11 Å². The molecule has 3 rings (SSSR count). The Kier molecular flexibility index (Phi) is 6.66. The smallest absolute Gasteiger partial charge is 0.321 e. The van der Waals surface area contributed by atoms with Crippen LogP contribution in [-0.2, 0) is 4.79 Å². The highest BCUT2D eigenvalue weighted by molar-refractivity contribution is 5.90. The summed E-state index contributed by atoms with van der Waals surface area (Å²) in [4.78, 5) is 27.4. The molecular weight excluding hydrogens is 354 g/mol. The molecule has 0 aromatic heterocycles. The number of piperidine rings is 1. The molecular formula is C22H27N3O3. The van der Waals surface area contributed by atoms with Crippen molar-refractivity contribution in [1.29, 1.82) is 0 Å². The van der Waals surface area contributed by atoms with Crippen molar-refractivity contribution in [2.45, 2.75) is 25.8 Å². The van der Waals surface area contributed by atoms with E-state index in [2.05, 4.69) is 5.32 Å². The molecule has 2 aromatic rings. The molecule has 1 saturated heterocycles. The molecule has 6 nitrogen and oxygen atoms in total. The van der Waals surface area contributed by atoms with E-state index in [9.17, 15) is 9.59 Å². The van der Waals surface area contributed by atoms with Crippen LogP contribution in [-0.4, -0.2) is 59.1 Å². The SMILES string of the molecule is CCN(CC(=O)O)C1CCN(C(=O)Nc2cccc(-c3ccccc3)c2)CC1. The first kappa shape index (κ1) is 19.9. The van der Waals surface area contributed by atoms with Crippen LogP contribution in [0.3, 0.4) is 0 Å². The van der Waals surface area contributed by atoms with Gasteiger partial charge in [0.05, 0.1) is 6.54 Å². The average Bonchev–Trinajstić information content (AvgIpc) is 2.73. The van der Waals surface area contributed by atoms with E-state index in [0.29, 0.717) is 19.6 Å². The van der Waals surface area contributed by atoms with Gasteiger partial charge in [-0.3, -0.25) is 9.69 Å². The van der Waals surface area contributed by atoms with Crippen LogP contribution in [0.4, 0.5) is 10.5 Å². The van der Waals surface area contributed by atoms with Crippen LogP contribution in [0.25, 0.3) is 11.1 Å². The number of hydrogen-bond acceptors (Lipinski definition) is 3. The van der Waals surface area contributed by atoms with Gasteiger partial charge in [0.2, 0.25) is 0 Å². The number of carboxylic acids is 1. The van der Waals surface area contributed by atoms with Crippen molar-refractivity contribution in [3.8, 4) is 11.1 Å². The molecule has 2 aromatic carbocycles. The first-order valence-corrected chi connectivity index (χ1v) is 9.74. The Hall–Kier alpha value is -2.86. The van der Waals surface area contributed by atoms with Gasteiger partial charge in [-0.1, -0.05) is 49.4 Å². The minimum absolute atomic E-state index is 0.0552. The molecule has 6 heteroatoms. The van der Waals surface area contributed by atoms with Crippen LogP contribution in [0.2, 0.25) is 0 Å². The van der Waals surface area contributed by atoms with Gasteiger partial charge in [0, 0.05) is 24.8 Å². The van der Waals surface area contributed by atoms with Gasteiger partial charge in [0.1, 0.15) is 0 Å². The van der Waals surface area contributed by atoms with Crippen molar-refractivity contribution < 1.29 is 14.7 Å². The number of carbonyl (C=O) groups excluding carboxylic acids is 1. The number of likely N-dealkylation sites (N-methyl/N-ethyl adjacent to an activating group) is 1. The Morgan fingerprint density at radius 3 is 2.39 bits per heavy atom. The van der Waals surface area contributed by atoms with Crippen molar-refractivity contribution in [1.82, 2.24) is 9.80 Å². The summed E-state index contributed by atoms with van der Waals surface area (Å²) in [6, 6.07) is 18.0. The number of nitrogens with one attached hydrogen (secondary N) is 1. The Balaban J connectivity index is 1.57. The summed E-state index contributed by atoms with van der Waals surface area (Å²) >= 11 is 0. The normalized spacial score (nSPS) is 14.9. The Bertz CT molecular complexity index is 802. The molecule has 1 fully saturated rings. The third kappa shape index (κ3) is 5.10. The predicted octanol–water partition coefficient (Wildman–Crippen LogP) is 3.76. The lowest BCUT2D eigenvalue weighted by Gasteiger charge is -2.37. The van der Waals surface area contributed by atoms with Crippen molar-refractivity contribution in [3.05, 3.63) is 54.6 Å². The van der Waals surface area contributed by atoms with Crippen LogP contribution in [0.1, 0.15) is 19.8 Å². The maximum atomic E-state index is 12.6. The average molecular weight is 381 g/mol. The van der Waals surface area contributed by atoms with Gasteiger partial charge in [0.15, 0.2) is 0 Å². The number of anilines is 1. The zero-order chi connectivity index (χ0) is 19.9. The summed E-state index contributed by atoms with van der Waals surface area (Å²) in [5, 5.41) is 12.0. The highest BCUT2D eigenvalue weighted by Crippen LogP contribution is 2.23. The molecule has 1 aliphatic rings. The minimum Gasteiger partial charge on any atom is -0.480 e. The Labute approximate surface area is 165 Å². The quantitative estimate of drug-likeness (QED) is 0.799. The summed E-state index contributed by atoms with van der Waals surface area (Å²) in [6.07, 6.45) is 1.58. The van der Waals surface area contributed by atoms with Crippen LogP contribution in [0.5, 0.6) is 0 Å². The fourth-order valence-electron chi connectivity index (χ4n) is 3.72. The molecule has 1 heterocycles. The number of aliphatic carboxylic acids is 1. The third-order valence-electron chi connectivity index (χ3n) is 5.23. The monoisotopic (exact) mass is 381 g/mol. The van der Waals surface area contributed by atoms with Crippen LogP contribution < -0.4 is 5.32 Å². The van der Waals surface area contributed by atoms with Crippen molar-refractivity contribution in [2.24, 2.45) is 0 Å². The molecule has 2 N–H and O–H groups in total. The van der Waals surface area contributed by atoms with E-state index in [0.717, 1.165) is 29.7 Å². The van der Waals surface area contributed by atoms with Crippen LogP contribution in [0, 0.1) is 0 Å². The third-order valence-corrected chi connectivity index (χ3v) is 5.23. The van der Waals surface area contributed by atoms with Crippen molar-refractivity contribution in [2.75, 3.05) is 31.5 Å². The first-order valence-electron chi connectivity index (χ1n) is 9.74. The van der Waals surface area contributed by atoms with E-state index < -0.39 is 5.97 Å². The lowest BCUT2D eigenvalue weighted by Crippen LogP contribution is -2.49. The number of carboxylic acid groups (broad SMARTS) is 1. The zero-order valence-corrected chi connectivity index (χ0v) is 16.2. The summed E-state index contributed by atoms with van der Waals surface area (Å²) in [5.74, 6) is -0.805. The number of carbonyl (C=O) groups is 2. The van der Waals surface area contributed by atoms with E-state index in [-0.39, 0.29) is 18.6 Å². The highest BCUT2D eigenvalue weighted by Gasteiger charge is 2.27. The first-order chi connectivity index (χ1) is 13.6. The standard InChI is InChI=1S/C22H27N3O3/c1-2-24(16-21(26)27)20-11-13-25(14-12-20)22(28)23-19-10-6-9-18(15-19)17-7-4-3-5-8-17/h3-10,15,20H,2,11-14,16H2,1H3,(H,23,28)(H,26,27). The van der Waals surface area contributed by atoms with Crippen LogP contribution >= 0.6 is 0 Å².